The molecule has 0 saturated heterocycles. The molecule has 0 amide bonds. The molecule has 0 aliphatic heterocycles. The molecule has 1 heteroatoms. The molecule has 0 radical (unpaired) electrons. The average molecular weight is 245 g/mol. The lowest BCUT2D eigenvalue weighted by Gasteiger charge is -2.40. The van der Waals surface area contributed by atoms with Crippen molar-refractivity contribution in [1.82, 2.24) is 0 Å². The molecular weight excluding hydrogens is 218 g/mol. The third-order valence-corrected chi connectivity index (χ3v) is 4.62. The van der Waals surface area contributed by atoms with E-state index in [-0.39, 0.29) is 11.0 Å². The van der Waals surface area contributed by atoms with E-state index in [0.717, 1.165) is 6.42 Å². The van der Waals surface area contributed by atoms with E-state index >= 15 is 0 Å². The molecule has 1 aliphatic carbocycles. The van der Waals surface area contributed by atoms with E-state index in [0.29, 0.717) is 5.92 Å². The van der Waals surface area contributed by atoms with Crippen LogP contribution < -0.4 is 5.73 Å². The Kier molecular flexibility index (Phi) is 3.55. The van der Waals surface area contributed by atoms with Crippen LogP contribution in [0.15, 0.2) is 24.3 Å². The Balaban J connectivity index is 2.38. The van der Waals surface area contributed by atoms with E-state index in [1.165, 1.54) is 30.4 Å². The van der Waals surface area contributed by atoms with E-state index in [1.807, 2.05) is 0 Å². The fraction of sp³-hybridized carbons (Fsp3) is 0.647. The van der Waals surface area contributed by atoms with Gasteiger partial charge in [-0.25, -0.2) is 0 Å². The Morgan fingerprint density at radius 1 is 1.22 bits per heavy atom. The Morgan fingerprint density at radius 3 is 2.56 bits per heavy atom. The monoisotopic (exact) mass is 245 g/mol. The normalized spacial score (nSPS) is 29.3. The quantitative estimate of drug-likeness (QED) is 0.782. The minimum Gasteiger partial charge on any atom is -0.321 e. The third-order valence-electron chi connectivity index (χ3n) is 4.62. The van der Waals surface area contributed by atoms with E-state index in [4.69, 9.17) is 5.73 Å². The van der Waals surface area contributed by atoms with Crippen molar-refractivity contribution in [3.63, 3.8) is 0 Å². The van der Waals surface area contributed by atoms with E-state index < -0.39 is 0 Å². The molecule has 0 unspecified atom stereocenters. The summed E-state index contributed by atoms with van der Waals surface area (Å²) in [6.07, 6.45) is 4.98. The van der Waals surface area contributed by atoms with Crippen LogP contribution in [0.1, 0.15) is 64.5 Å². The zero-order valence-electron chi connectivity index (χ0n) is 12.3. The Hall–Kier alpha value is -0.820. The molecule has 100 valence electrons. The van der Waals surface area contributed by atoms with Gasteiger partial charge in [0, 0.05) is 5.54 Å². The molecular formula is C17H27N. The van der Waals surface area contributed by atoms with E-state index in [9.17, 15) is 0 Å². The van der Waals surface area contributed by atoms with E-state index in [2.05, 4.69) is 52.0 Å². The van der Waals surface area contributed by atoms with Crippen molar-refractivity contribution in [2.24, 2.45) is 11.7 Å². The number of rotatable bonds is 1. The zero-order valence-corrected chi connectivity index (χ0v) is 12.3. The molecule has 1 aromatic carbocycles. The lowest BCUT2D eigenvalue weighted by atomic mass is 9.69. The van der Waals surface area contributed by atoms with Crippen molar-refractivity contribution in [2.75, 3.05) is 0 Å². The van der Waals surface area contributed by atoms with Gasteiger partial charge in [0.1, 0.15) is 0 Å². The molecule has 1 aromatic rings. The van der Waals surface area contributed by atoms with Crippen LogP contribution in [0.5, 0.6) is 0 Å². The second kappa shape index (κ2) is 4.70. The van der Waals surface area contributed by atoms with Gasteiger partial charge in [-0.15, -0.1) is 0 Å². The Labute approximate surface area is 112 Å². The summed E-state index contributed by atoms with van der Waals surface area (Å²) in [4.78, 5) is 0. The minimum absolute atomic E-state index is 0.112. The molecule has 2 N–H and O–H groups in total. The summed E-state index contributed by atoms with van der Waals surface area (Å²) < 4.78 is 0. The van der Waals surface area contributed by atoms with Gasteiger partial charge < -0.3 is 5.73 Å². The van der Waals surface area contributed by atoms with E-state index in [1.54, 1.807) is 0 Å². The first-order valence-electron chi connectivity index (χ1n) is 7.24. The van der Waals surface area contributed by atoms with Crippen molar-refractivity contribution < 1.29 is 0 Å². The molecule has 2 atom stereocenters. The summed E-state index contributed by atoms with van der Waals surface area (Å²) in [6.45, 7) is 9.10. The zero-order chi connectivity index (χ0) is 13.4. The van der Waals surface area contributed by atoms with Gasteiger partial charge in [0.25, 0.3) is 0 Å². The van der Waals surface area contributed by atoms with Gasteiger partial charge in [-0.3, -0.25) is 0 Å². The van der Waals surface area contributed by atoms with Crippen LogP contribution in [0.25, 0.3) is 0 Å². The molecule has 0 aromatic heterocycles. The molecule has 1 aliphatic rings. The number of hydrogen-bond donors (Lipinski definition) is 1. The molecule has 1 nitrogen and oxygen atoms in total. The molecule has 0 spiro atoms. The lowest BCUT2D eigenvalue weighted by Crippen LogP contribution is -2.45. The van der Waals surface area contributed by atoms with Crippen LogP contribution in [-0.4, -0.2) is 0 Å². The predicted octanol–water partition coefficient (Wildman–Crippen LogP) is 4.35. The summed E-state index contributed by atoms with van der Waals surface area (Å²) in [5, 5.41) is 0. The van der Waals surface area contributed by atoms with Gasteiger partial charge in [0.2, 0.25) is 0 Å². The second-order valence-corrected chi connectivity index (χ2v) is 7.02. The first kappa shape index (κ1) is 13.6. The molecule has 1 fully saturated rings. The van der Waals surface area contributed by atoms with Crippen LogP contribution in [0.2, 0.25) is 0 Å². The van der Waals surface area contributed by atoms with Crippen LogP contribution in [0.3, 0.4) is 0 Å². The third kappa shape index (κ3) is 2.47. The SMILES string of the molecule is C[C@@H]1CCCC[C@]1(N)c1cccc(C(C)(C)C)c1. The van der Waals surface area contributed by atoms with Crippen molar-refractivity contribution in [2.45, 2.75) is 64.3 Å². The largest absolute Gasteiger partial charge is 0.321 e. The highest BCUT2D eigenvalue weighted by atomic mass is 14.8. The summed E-state index contributed by atoms with van der Waals surface area (Å²) in [5.41, 5.74) is 9.55. The minimum atomic E-state index is -0.112. The van der Waals surface area contributed by atoms with Crippen molar-refractivity contribution in [1.29, 1.82) is 0 Å². The van der Waals surface area contributed by atoms with Gasteiger partial charge in [-0.2, -0.15) is 0 Å². The summed E-state index contributed by atoms with van der Waals surface area (Å²) in [7, 11) is 0. The fourth-order valence-corrected chi connectivity index (χ4v) is 3.08. The van der Waals surface area contributed by atoms with Crippen molar-refractivity contribution in [3.8, 4) is 0 Å². The first-order valence-corrected chi connectivity index (χ1v) is 7.24. The van der Waals surface area contributed by atoms with Gasteiger partial charge in [-0.1, -0.05) is 64.8 Å². The standard InChI is InChI=1S/C17H27N/c1-13-8-5-6-11-17(13,18)15-10-7-9-14(12-15)16(2,3)4/h7,9-10,12-13H,5-6,8,11,18H2,1-4H3/t13-,17-/m1/s1. The summed E-state index contributed by atoms with van der Waals surface area (Å²) in [5.74, 6) is 0.585. The van der Waals surface area contributed by atoms with Gasteiger partial charge in [0.05, 0.1) is 0 Å². The van der Waals surface area contributed by atoms with Gasteiger partial charge >= 0.3 is 0 Å². The lowest BCUT2D eigenvalue weighted by molar-refractivity contribution is 0.206. The summed E-state index contributed by atoms with van der Waals surface area (Å²) in [6, 6.07) is 8.95. The molecule has 18 heavy (non-hydrogen) atoms. The van der Waals surface area contributed by atoms with Crippen molar-refractivity contribution in [3.05, 3.63) is 35.4 Å². The molecule has 0 bridgehead atoms. The van der Waals surface area contributed by atoms with Crippen LogP contribution >= 0.6 is 0 Å². The maximum absolute atomic E-state index is 6.74. The van der Waals surface area contributed by atoms with Gasteiger partial charge in [-0.05, 0) is 35.3 Å². The maximum Gasteiger partial charge on any atom is 0.0435 e. The van der Waals surface area contributed by atoms with Crippen molar-refractivity contribution >= 4 is 0 Å². The highest BCUT2D eigenvalue weighted by Gasteiger charge is 2.36. The average Bonchev–Trinajstić information content (AvgIpc) is 2.32. The van der Waals surface area contributed by atoms with Crippen LogP contribution in [0.4, 0.5) is 0 Å². The number of hydrogen-bond acceptors (Lipinski definition) is 1. The van der Waals surface area contributed by atoms with Gasteiger partial charge in [0.15, 0.2) is 0 Å². The first-order chi connectivity index (χ1) is 8.34. The molecule has 1 saturated carbocycles. The topological polar surface area (TPSA) is 26.0 Å². The fourth-order valence-electron chi connectivity index (χ4n) is 3.08. The number of nitrogens with two attached hydrogens (primary N) is 1. The second-order valence-electron chi connectivity index (χ2n) is 7.02. The number of benzene rings is 1. The van der Waals surface area contributed by atoms with Crippen LogP contribution in [0, 0.1) is 5.92 Å². The summed E-state index contributed by atoms with van der Waals surface area (Å²) >= 11 is 0. The predicted molar refractivity (Wildman–Crippen MR) is 78.6 cm³/mol. The Morgan fingerprint density at radius 2 is 1.94 bits per heavy atom. The molecule has 0 heterocycles. The maximum atomic E-state index is 6.74. The molecule has 2 rings (SSSR count). The van der Waals surface area contributed by atoms with Crippen LogP contribution in [-0.2, 0) is 11.0 Å². The highest BCUT2D eigenvalue weighted by Crippen LogP contribution is 2.40. The highest BCUT2D eigenvalue weighted by molar-refractivity contribution is 5.33. The smallest absolute Gasteiger partial charge is 0.0435 e. The Bertz CT molecular complexity index is 416.